The summed E-state index contributed by atoms with van der Waals surface area (Å²) in [5, 5.41) is 0. The molecule has 0 unspecified atom stereocenters. The molecule has 0 radical (unpaired) electrons. The highest BCUT2D eigenvalue weighted by Gasteiger charge is 2.21. The zero-order valence-corrected chi connectivity index (χ0v) is 8.73. The van der Waals surface area contributed by atoms with Gasteiger partial charge in [0.15, 0.2) is 0 Å². The highest BCUT2D eigenvalue weighted by Crippen LogP contribution is 2.08. The van der Waals surface area contributed by atoms with Crippen LogP contribution >= 0.6 is 0 Å². The summed E-state index contributed by atoms with van der Waals surface area (Å²) in [6.45, 7) is 4.81. The molecule has 0 spiro atoms. The molecule has 0 rings (SSSR count). The van der Waals surface area contributed by atoms with E-state index in [0.717, 1.165) is 0 Å². The maximum Gasteiger partial charge on any atom is 0.516 e. The lowest BCUT2D eigenvalue weighted by atomic mass is 10.2. The van der Waals surface area contributed by atoms with E-state index in [2.05, 4.69) is 20.2 Å². The third-order valence-corrected chi connectivity index (χ3v) is 1.01. The first kappa shape index (κ1) is 13.4. The van der Waals surface area contributed by atoms with Gasteiger partial charge in [0.1, 0.15) is 12.0 Å². The van der Waals surface area contributed by atoms with Gasteiger partial charge in [0, 0.05) is 0 Å². The molecular weight excluding hydrogens is 206 g/mol. The maximum atomic E-state index is 10.9. The van der Waals surface area contributed by atoms with Crippen molar-refractivity contribution >= 4 is 18.1 Å². The molecule has 0 aromatic carbocycles. The lowest BCUT2D eigenvalue weighted by Gasteiger charge is -2.17. The molecule has 0 fully saturated rings. The Hall–Kier alpha value is -1.63. The molecule has 0 aliphatic heterocycles. The van der Waals surface area contributed by atoms with E-state index in [1.165, 1.54) is 0 Å². The summed E-state index contributed by atoms with van der Waals surface area (Å²) < 4.78 is 8.80. The van der Waals surface area contributed by atoms with Crippen LogP contribution in [0.15, 0.2) is 0 Å². The van der Waals surface area contributed by atoms with Crippen LogP contribution in [0.3, 0.4) is 0 Å². The molecule has 7 heteroatoms. The molecule has 0 aliphatic rings. The summed E-state index contributed by atoms with van der Waals surface area (Å²) >= 11 is 0. The zero-order chi connectivity index (χ0) is 12.1. The Morgan fingerprint density at radius 3 is 2.07 bits per heavy atom. The third-order valence-electron chi connectivity index (χ3n) is 1.01. The van der Waals surface area contributed by atoms with Crippen LogP contribution in [-0.2, 0) is 23.9 Å². The Morgan fingerprint density at radius 1 is 1.13 bits per heavy atom. The van der Waals surface area contributed by atoms with Crippen LogP contribution < -0.4 is 5.90 Å². The predicted octanol–water partition coefficient (Wildman–Crippen LogP) is 0.272. The van der Waals surface area contributed by atoms with Crippen molar-refractivity contribution in [2.24, 2.45) is 5.90 Å². The summed E-state index contributed by atoms with van der Waals surface area (Å²) in [6, 6.07) is 0. The second-order valence-corrected chi connectivity index (χ2v) is 3.61. The minimum Gasteiger partial charge on any atom is -0.428 e. The normalized spacial score (nSPS) is 10.4. The van der Waals surface area contributed by atoms with Gasteiger partial charge in [0.2, 0.25) is 0 Å². The quantitative estimate of drug-likeness (QED) is 0.403. The van der Waals surface area contributed by atoms with Crippen molar-refractivity contribution in [3.8, 4) is 0 Å². The lowest BCUT2D eigenvalue weighted by molar-refractivity contribution is -0.153. The van der Waals surface area contributed by atoms with Crippen LogP contribution in [0.1, 0.15) is 27.2 Å². The van der Waals surface area contributed by atoms with E-state index in [1.807, 2.05) is 0 Å². The smallest absolute Gasteiger partial charge is 0.428 e. The van der Waals surface area contributed by atoms with Gasteiger partial charge in [0.05, 0.1) is 0 Å². The minimum atomic E-state index is -1.17. The molecule has 0 atom stereocenters. The average molecular weight is 219 g/mol. The van der Waals surface area contributed by atoms with E-state index in [0.29, 0.717) is 0 Å². The van der Waals surface area contributed by atoms with Crippen LogP contribution in [0.4, 0.5) is 4.79 Å². The monoisotopic (exact) mass is 219 g/mol. The maximum absolute atomic E-state index is 10.9. The standard InChI is InChI=1S/C8H13NO6/c1-8(2,3)14-7(12)13-5(10)4-6(11)15-9/h4,9H2,1-3H3. The predicted molar refractivity (Wildman–Crippen MR) is 47.2 cm³/mol. The summed E-state index contributed by atoms with van der Waals surface area (Å²) in [5.41, 5.74) is -0.772. The topological polar surface area (TPSA) is 105 Å². The molecule has 7 nitrogen and oxygen atoms in total. The first-order valence-corrected chi connectivity index (χ1v) is 4.08. The van der Waals surface area contributed by atoms with Gasteiger partial charge in [-0.2, -0.15) is 5.90 Å². The number of hydrogen-bond donors (Lipinski definition) is 1. The largest absolute Gasteiger partial charge is 0.516 e. The van der Waals surface area contributed by atoms with Crippen molar-refractivity contribution in [3.63, 3.8) is 0 Å². The fourth-order valence-corrected chi connectivity index (χ4v) is 0.559. The average Bonchev–Trinajstić information content (AvgIpc) is 1.99. The molecule has 2 N–H and O–H groups in total. The molecule has 0 amide bonds. The van der Waals surface area contributed by atoms with Crippen molar-refractivity contribution in [2.75, 3.05) is 0 Å². The van der Waals surface area contributed by atoms with Crippen molar-refractivity contribution < 1.29 is 28.7 Å². The van der Waals surface area contributed by atoms with Crippen LogP contribution in [0.2, 0.25) is 0 Å². The number of carbonyl (C=O) groups is 3. The second kappa shape index (κ2) is 5.30. The van der Waals surface area contributed by atoms with E-state index in [4.69, 9.17) is 0 Å². The SMILES string of the molecule is CC(C)(C)OC(=O)OC(=O)CC(=O)ON. The zero-order valence-electron chi connectivity index (χ0n) is 8.73. The van der Waals surface area contributed by atoms with E-state index in [9.17, 15) is 14.4 Å². The van der Waals surface area contributed by atoms with Gasteiger partial charge in [-0.05, 0) is 20.8 Å². The summed E-state index contributed by atoms with van der Waals surface area (Å²) in [7, 11) is 0. The highest BCUT2D eigenvalue weighted by molar-refractivity contribution is 5.94. The number of carbonyl (C=O) groups excluding carboxylic acids is 3. The Bertz CT molecular complexity index is 267. The minimum absolute atomic E-state index is 0.740. The second-order valence-electron chi connectivity index (χ2n) is 3.61. The molecular formula is C8H13NO6. The van der Waals surface area contributed by atoms with Crippen molar-refractivity contribution in [1.82, 2.24) is 0 Å². The van der Waals surface area contributed by atoms with E-state index in [1.54, 1.807) is 20.8 Å². The third kappa shape index (κ3) is 7.44. The van der Waals surface area contributed by atoms with Gasteiger partial charge < -0.3 is 14.3 Å². The number of nitrogens with two attached hydrogens (primary N) is 1. The van der Waals surface area contributed by atoms with Crippen molar-refractivity contribution in [1.29, 1.82) is 0 Å². The molecule has 0 saturated heterocycles. The number of rotatable bonds is 2. The molecule has 0 aromatic rings. The molecule has 0 saturated carbocycles. The summed E-state index contributed by atoms with van der Waals surface area (Å²) in [6.07, 6.45) is -1.91. The molecule has 86 valence electrons. The fraction of sp³-hybridized carbons (Fsp3) is 0.625. The Morgan fingerprint density at radius 2 is 1.67 bits per heavy atom. The van der Waals surface area contributed by atoms with Crippen LogP contribution in [0.25, 0.3) is 0 Å². The van der Waals surface area contributed by atoms with E-state index in [-0.39, 0.29) is 0 Å². The van der Waals surface area contributed by atoms with Gasteiger partial charge >= 0.3 is 18.1 Å². The van der Waals surface area contributed by atoms with Crippen LogP contribution in [0.5, 0.6) is 0 Å². The van der Waals surface area contributed by atoms with Gasteiger partial charge in [-0.25, -0.2) is 9.59 Å². The molecule has 0 aliphatic carbocycles. The number of ether oxygens (including phenoxy) is 2. The van der Waals surface area contributed by atoms with Gasteiger partial charge in [-0.15, -0.1) is 0 Å². The van der Waals surface area contributed by atoms with E-state index < -0.39 is 30.1 Å². The summed E-state index contributed by atoms with van der Waals surface area (Å²) in [5.74, 6) is 2.40. The summed E-state index contributed by atoms with van der Waals surface area (Å²) in [4.78, 5) is 35.9. The Kier molecular flexibility index (Phi) is 4.72. The van der Waals surface area contributed by atoms with Crippen molar-refractivity contribution in [3.05, 3.63) is 0 Å². The highest BCUT2D eigenvalue weighted by atomic mass is 16.7. The number of hydrogen-bond acceptors (Lipinski definition) is 7. The first-order chi connectivity index (χ1) is 6.74. The molecule has 15 heavy (non-hydrogen) atoms. The van der Waals surface area contributed by atoms with Gasteiger partial charge in [-0.3, -0.25) is 4.79 Å². The van der Waals surface area contributed by atoms with E-state index >= 15 is 0 Å². The fourth-order valence-electron chi connectivity index (χ4n) is 0.559. The first-order valence-electron chi connectivity index (χ1n) is 4.08. The van der Waals surface area contributed by atoms with Gasteiger partial charge in [0.25, 0.3) is 0 Å². The lowest BCUT2D eigenvalue weighted by Crippen LogP contribution is -2.27. The van der Waals surface area contributed by atoms with Gasteiger partial charge in [-0.1, -0.05) is 0 Å². The molecule has 0 aromatic heterocycles. The Labute approximate surface area is 86.4 Å². The number of esters is 1. The van der Waals surface area contributed by atoms with Crippen LogP contribution in [-0.4, -0.2) is 23.7 Å². The van der Waals surface area contributed by atoms with Crippen LogP contribution in [0, 0.1) is 0 Å². The Balaban J connectivity index is 3.98. The molecule has 0 heterocycles. The van der Waals surface area contributed by atoms with Crippen molar-refractivity contribution in [2.45, 2.75) is 32.8 Å². The molecule has 0 bridgehead atoms.